The number of hydrogen-bond donors (Lipinski definition) is 3. The molecule has 0 amide bonds. The number of nitrogens with two attached hydrogens (primary N) is 1. The van der Waals surface area contributed by atoms with E-state index in [1.54, 1.807) is 18.7 Å². The Labute approximate surface area is 86.7 Å². The number of aryl methyl sites for hydroxylation is 1. The van der Waals surface area contributed by atoms with E-state index in [2.05, 4.69) is 5.10 Å². The molecular formula is C9H15N3O3. The number of carboxylic acids is 1. The Hall–Kier alpha value is -1.56. The topological polar surface area (TPSA) is 101 Å². The summed E-state index contributed by atoms with van der Waals surface area (Å²) in [6.45, 7) is 1.81. The Morgan fingerprint density at radius 3 is 2.67 bits per heavy atom. The van der Waals surface area contributed by atoms with Crippen LogP contribution < -0.4 is 11.3 Å². The molecule has 0 aliphatic rings. The number of rotatable bonds is 4. The van der Waals surface area contributed by atoms with Crippen molar-refractivity contribution in [1.82, 2.24) is 9.78 Å². The van der Waals surface area contributed by atoms with Gasteiger partial charge in [-0.2, -0.15) is 0 Å². The average molecular weight is 213 g/mol. The van der Waals surface area contributed by atoms with E-state index in [9.17, 15) is 9.59 Å². The summed E-state index contributed by atoms with van der Waals surface area (Å²) >= 11 is 0. The number of nitrogens with one attached hydrogen (secondary N) is 1. The molecule has 4 N–H and O–H groups in total. The van der Waals surface area contributed by atoms with Gasteiger partial charge in [-0.05, 0) is 19.8 Å². The first kappa shape index (κ1) is 11.5. The molecular weight excluding hydrogens is 198 g/mol. The van der Waals surface area contributed by atoms with Crippen LogP contribution in [0.1, 0.15) is 17.7 Å². The van der Waals surface area contributed by atoms with Crippen molar-refractivity contribution in [3.63, 3.8) is 0 Å². The molecule has 0 aliphatic heterocycles. The highest BCUT2D eigenvalue weighted by Crippen LogP contribution is 2.05. The lowest BCUT2D eigenvalue weighted by Crippen LogP contribution is -2.31. The molecule has 1 rings (SSSR count). The number of aromatic nitrogens is 2. The van der Waals surface area contributed by atoms with Gasteiger partial charge in [0.25, 0.3) is 5.56 Å². The van der Waals surface area contributed by atoms with Gasteiger partial charge in [-0.3, -0.25) is 19.4 Å². The third-order valence-electron chi connectivity index (χ3n) is 2.51. The quantitative estimate of drug-likeness (QED) is 0.619. The normalized spacial score (nSPS) is 12.7. The molecule has 1 atom stereocenters. The molecule has 1 heterocycles. The second-order valence-corrected chi connectivity index (χ2v) is 3.55. The van der Waals surface area contributed by atoms with Crippen LogP contribution in [0.15, 0.2) is 4.79 Å². The Balaban J connectivity index is 2.74. The van der Waals surface area contributed by atoms with E-state index in [-0.39, 0.29) is 12.0 Å². The van der Waals surface area contributed by atoms with Gasteiger partial charge in [-0.1, -0.05) is 0 Å². The number of aromatic amines is 1. The number of carbonyl (C=O) groups is 1. The SMILES string of the molecule is Cc1c(CC[C@H](N)C(=O)O)c(=O)[nH]n1C. The minimum Gasteiger partial charge on any atom is -0.480 e. The first-order valence-electron chi connectivity index (χ1n) is 4.66. The van der Waals surface area contributed by atoms with Gasteiger partial charge in [0.15, 0.2) is 0 Å². The number of H-pyrrole nitrogens is 1. The molecule has 0 aliphatic carbocycles. The van der Waals surface area contributed by atoms with Crippen LogP contribution in [0.2, 0.25) is 0 Å². The third kappa shape index (κ3) is 2.47. The van der Waals surface area contributed by atoms with E-state index in [0.29, 0.717) is 12.0 Å². The third-order valence-corrected chi connectivity index (χ3v) is 2.51. The fourth-order valence-electron chi connectivity index (χ4n) is 1.39. The van der Waals surface area contributed by atoms with E-state index in [1.807, 2.05) is 0 Å². The zero-order chi connectivity index (χ0) is 11.6. The maximum absolute atomic E-state index is 11.4. The summed E-state index contributed by atoms with van der Waals surface area (Å²) in [7, 11) is 1.73. The minimum atomic E-state index is -1.04. The molecule has 84 valence electrons. The molecule has 1 aromatic rings. The van der Waals surface area contributed by atoms with Crippen LogP contribution in [0.3, 0.4) is 0 Å². The summed E-state index contributed by atoms with van der Waals surface area (Å²) in [6, 6.07) is -0.913. The first-order chi connectivity index (χ1) is 6.93. The first-order valence-corrected chi connectivity index (χ1v) is 4.66. The van der Waals surface area contributed by atoms with Crippen LogP contribution in [-0.4, -0.2) is 26.9 Å². The van der Waals surface area contributed by atoms with E-state index >= 15 is 0 Å². The fourth-order valence-corrected chi connectivity index (χ4v) is 1.39. The predicted octanol–water partition coefficient (Wildman–Crippen LogP) is -0.634. The van der Waals surface area contributed by atoms with E-state index < -0.39 is 12.0 Å². The molecule has 0 bridgehead atoms. The number of nitrogens with zero attached hydrogens (tertiary/aromatic N) is 1. The van der Waals surface area contributed by atoms with Crippen molar-refractivity contribution >= 4 is 5.97 Å². The maximum atomic E-state index is 11.4. The Morgan fingerprint density at radius 2 is 2.27 bits per heavy atom. The molecule has 1 aromatic heterocycles. The van der Waals surface area contributed by atoms with Crippen molar-refractivity contribution in [2.45, 2.75) is 25.8 Å². The zero-order valence-electron chi connectivity index (χ0n) is 8.78. The molecule has 0 saturated carbocycles. The number of hydrogen-bond acceptors (Lipinski definition) is 3. The summed E-state index contributed by atoms with van der Waals surface area (Å²) in [5.41, 5.74) is 6.60. The monoisotopic (exact) mass is 213 g/mol. The lowest BCUT2D eigenvalue weighted by atomic mass is 10.1. The lowest BCUT2D eigenvalue weighted by Gasteiger charge is -2.04. The van der Waals surface area contributed by atoms with Crippen LogP contribution in [0.4, 0.5) is 0 Å². The number of carboxylic acid groups (broad SMARTS) is 1. The van der Waals surface area contributed by atoms with Crippen LogP contribution in [0.5, 0.6) is 0 Å². The largest absolute Gasteiger partial charge is 0.480 e. The van der Waals surface area contributed by atoms with Crippen molar-refractivity contribution in [3.8, 4) is 0 Å². The molecule has 0 saturated heterocycles. The van der Waals surface area contributed by atoms with Gasteiger partial charge in [0.2, 0.25) is 0 Å². The smallest absolute Gasteiger partial charge is 0.320 e. The lowest BCUT2D eigenvalue weighted by molar-refractivity contribution is -0.138. The standard InChI is InChI=1S/C9H15N3O3/c1-5-6(8(13)11-12(5)2)3-4-7(10)9(14)15/h7H,3-4,10H2,1-2H3,(H,11,13)(H,14,15)/t7-/m0/s1. The minimum absolute atomic E-state index is 0.174. The van der Waals surface area contributed by atoms with Gasteiger partial charge >= 0.3 is 5.97 Å². The molecule has 6 nitrogen and oxygen atoms in total. The van der Waals surface area contributed by atoms with Crippen LogP contribution >= 0.6 is 0 Å². The van der Waals surface area contributed by atoms with Crippen molar-refractivity contribution in [3.05, 3.63) is 21.6 Å². The Morgan fingerprint density at radius 1 is 1.67 bits per heavy atom. The molecule has 0 spiro atoms. The average Bonchev–Trinajstić information content (AvgIpc) is 2.38. The van der Waals surface area contributed by atoms with Gasteiger partial charge in [0.1, 0.15) is 6.04 Å². The van der Waals surface area contributed by atoms with Gasteiger partial charge in [-0.15, -0.1) is 0 Å². The van der Waals surface area contributed by atoms with Crippen molar-refractivity contribution in [2.24, 2.45) is 12.8 Å². The summed E-state index contributed by atoms with van der Waals surface area (Å²) in [5.74, 6) is -1.04. The van der Waals surface area contributed by atoms with Gasteiger partial charge in [-0.25, -0.2) is 0 Å². The molecule has 15 heavy (non-hydrogen) atoms. The number of aliphatic carboxylic acids is 1. The van der Waals surface area contributed by atoms with Crippen LogP contribution in [0.25, 0.3) is 0 Å². The van der Waals surface area contributed by atoms with Crippen molar-refractivity contribution in [2.75, 3.05) is 0 Å². The summed E-state index contributed by atoms with van der Waals surface area (Å²) in [6.07, 6.45) is 0.652. The van der Waals surface area contributed by atoms with E-state index in [0.717, 1.165) is 5.69 Å². The van der Waals surface area contributed by atoms with E-state index in [1.165, 1.54) is 0 Å². The van der Waals surface area contributed by atoms with Crippen molar-refractivity contribution < 1.29 is 9.90 Å². The summed E-state index contributed by atoms with van der Waals surface area (Å²) in [4.78, 5) is 21.9. The Kier molecular flexibility index (Phi) is 3.31. The van der Waals surface area contributed by atoms with Crippen molar-refractivity contribution in [1.29, 1.82) is 0 Å². The summed E-state index contributed by atoms with van der Waals surface area (Å²) < 4.78 is 1.62. The van der Waals surface area contributed by atoms with Crippen LogP contribution in [-0.2, 0) is 18.3 Å². The molecule has 0 radical (unpaired) electrons. The highest BCUT2D eigenvalue weighted by atomic mass is 16.4. The second-order valence-electron chi connectivity index (χ2n) is 3.55. The summed E-state index contributed by atoms with van der Waals surface area (Å²) in [5, 5.41) is 11.2. The van der Waals surface area contributed by atoms with Gasteiger partial charge in [0, 0.05) is 18.3 Å². The van der Waals surface area contributed by atoms with Crippen LogP contribution in [0, 0.1) is 6.92 Å². The molecule has 0 fully saturated rings. The zero-order valence-corrected chi connectivity index (χ0v) is 8.78. The Bertz CT molecular complexity index is 419. The predicted molar refractivity (Wildman–Crippen MR) is 54.7 cm³/mol. The van der Waals surface area contributed by atoms with E-state index in [4.69, 9.17) is 10.8 Å². The second kappa shape index (κ2) is 4.31. The fraction of sp³-hybridized carbons (Fsp3) is 0.556. The molecule has 0 unspecified atom stereocenters. The molecule has 0 aromatic carbocycles. The van der Waals surface area contributed by atoms with Gasteiger partial charge in [0.05, 0.1) is 0 Å². The molecule has 6 heteroatoms. The van der Waals surface area contributed by atoms with Gasteiger partial charge < -0.3 is 10.8 Å². The maximum Gasteiger partial charge on any atom is 0.320 e. The highest BCUT2D eigenvalue weighted by molar-refractivity contribution is 5.73. The highest BCUT2D eigenvalue weighted by Gasteiger charge is 2.14.